The van der Waals surface area contributed by atoms with Crippen LogP contribution in [0.3, 0.4) is 0 Å². The van der Waals surface area contributed by atoms with Crippen molar-refractivity contribution in [1.29, 1.82) is 0 Å². The summed E-state index contributed by atoms with van der Waals surface area (Å²) in [5, 5.41) is 22.3. The number of oxime groups is 1. The molecule has 0 amide bonds. The predicted molar refractivity (Wildman–Crippen MR) is 107 cm³/mol. The molecule has 7 nitrogen and oxygen atoms in total. The molecule has 0 aromatic carbocycles. The quantitative estimate of drug-likeness (QED) is 0.0787. The second-order valence-corrected chi connectivity index (χ2v) is 7.09. The van der Waals surface area contributed by atoms with E-state index in [0.29, 0.717) is 19.4 Å². The molecule has 0 atom stereocenters. The number of esters is 1. The molecule has 0 aliphatic rings. The lowest BCUT2D eigenvalue weighted by Crippen LogP contribution is -2.18. The van der Waals surface area contributed by atoms with Gasteiger partial charge in [0.1, 0.15) is 0 Å². The normalized spacial score (nSPS) is 11.5. The van der Waals surface area contributed by atoms with Crippen molar-refractivity contribution >= 4 is 11.7 Å². The summed E-state index contributed by atoms with van der Waals surface area (Å²) in [5.74, 6) is -0.503. The molecule has 0 heterocycles. The van der Waals surface area contributed by atoms with Gasteiger partial charge in [-0.1, -0.05) is 76.3 Å². The highest BCUT2D eigenvalue weighted by Crippen LogP contribution is 2.11. The summed E-state index contributed by atoms with van der Waals surface area (Å²) in [7, 11) is 0. The Morgan fingerprint density at radius 3 is 1.96 bits per heavy atom. The fourth-order valence-electron chi connectivity index (χ4n) is 2.92. The van der Waals surface area contributed by atoms with Gasteiger partial charge in [-0.15, -0.1) is 0 Å². The van der Waals surface area contributed by atoms with E-state index in [4.69, 9.17) is 9.94 Å². The maximum atomic E-state index is 11.9. The van der Waals surface area contributed by atoms with Crippen molar-refractivity contribution in [2.45, 2.75) is 103 Å². The number of carbonyl (C=O) groups is 1. The highest BCUT2D eigenvalue weighted by Gasteiger charge is 2.13. The van der Waals surface area contributed by atoms with Gasteiger partial charge in [-0.25, -0.2) is 4.79 Å². The first-order chi connectivity index (χ1) is 13.1. The molecule has 0 aliphatic carbocycles. The molecule has 1 N–H and O–H groups in total. The van der Waals surface area contributed by atoms with Crippen LogP contribution >= 0.6 is 0 Å². The minimum absolute atomic E-state index is 0.0677. The molecular formula is C20H38N2O5. The molecule has 0 saturated heterocycles. The van der Waals surface area contributed by atoms with Crippen molar-refractivity contribution in [3.8, 4) is 0 Å². The van der Waals surface area contributed by atoms with Crippen molar-refractivity contribution in [3.63, 3.8) is 0 Å². The number of nitro groups is 1. The zero-order valence-electron chi connectivity index (χ0n) is 17.0. The Morgan fingerprint density at radius 1 is 0.889 bits per heavy atom. The number of nitrogens with zero attached hydrogens (tertiary/aromatic N) is 2. The lowest BCUT2D eigenvalue weighted by molar-refractivity contribution is -0.480. The molecule has 158 valence electrons. The van der Waals surface area contributed by atoms with Crippen LogP contribution in [0.25, 0.3) is 0 Å². The van der Waals surface area contributed by atoms with Gasteiger partial charge in [0.15, 0.2) is 5.71 Å². The molecule has 27 heavy (non-hydrogen) atoms. The van der Waals surface area contributed by atoms with Crippen LogP contribution in [0.5, 0.6) is 0 Å². The molecule has 0 bridgehead atoms. The first-order valence-electron chi connectivity index (χ1n) is 10.6. The zero-order chi connectivity index (χ0) is 20.2. The van der Waals surface area contributed by atoms with E-state index in [1.807, 2.05) is 0 Å². The summed E-state index contributed by atoms with van der Waals surface area (Å²) < 4.78 is 5.17. The molecule has 0 fully saturated rings. The Hall–Kier alpha value is -1.66. The standard InChI is InChI=1S/C20H38N2O5/c1-2-3-4-5-12-15-18-27-20(23)19(21-24)16-13-10-8-6-7-9-11-14-17-22(25)26/h24H,2-18H2,1H3. The lowest BCUT2D eigenvalue weighted by Gasteiger charge is -2.06. The molecule has 0 spiro atoms. The van der Waals surface area contributed by atoms with Crippen LogP contribution < -0.4 is 0 Å². The minimum atomic E-state index is -0.503. The second kappa shape index (κ2) is 19.1. The van der Waals surface area contributed by atoms with Crippen molar-refractivity contribution in [2.75, 3.05) is 13.2 Å². The third-order valence-corrected chi connectivity index (χ3v) is 4.59. The fraction of sp³-hybridized carbons (Fsp3) is 0.900. The minimum Gasteiger partial charge on any atom is -0.461 e. The topological polar surface area (TPSA) is 102 Å². The van der Waals surface area contributed by atoms with E-state index >= 15 is 0 Å². The van der Waals surface area contributed by atoms with Crippen LogP contribution in [0.4, 0.5) is 0 Å². The Morgan fingerprint density at radius 2 is 1.41 bits per heavy atom. The maximum absolute atomic E-state index is 11.9. The van der Waals surface area contributed by atoms with Gasteiger partial charge in [0, 0.05) is 17.8 Å². The number of hydrogen-bond donors (Lipinski definition) is 1. The lowest BCUT2D eigenvalue weighted by atomic mass is 10.1. The van der Waals surface area contributed by atoms with Gasteiger partial charge in [-0.3, -0.25) is 10.1 Å². The van der Waals surface area contributed by atoms with Gasteiger partial charge in [0.2, 0.25) is 6.54 Å². The number of ether oxygens (including phenoxy) is 1. The van der Waals surface area contributed by atoms with Crippen molar-refractivity contribution in [1.82, 2.24) is 0 Å². The van der Waals surface area contributed by atoms with Gasteiger partial charge < -0.3 is 9.94 Å². The summed E-state index contributed by atoms with van der Waals surface area (Å²) in [6.07, 6.45) is 14.8. The van der Waals surface area contributed by atoms with Crippen LogP contribution in [-0.4, -0.2) is 35.0 Å². The molecule has 0 aromatic rings. The van der Waals surface area contributed by atoms with Crippen LogP contribution in [0.1, 0.15) is 103 Å². The van der Waals surface area contributed by atoms with Gasteiger partial charge in [-0.05, 0) is 19.3 Å². The Balaban J connectivity index is 3.54. The molecular weight excluding hydrogens is 348 g/mol. The number of rotatable bonds is 19. The molecule has 0 aliphatic heterocycles. The Labute approximate surface area is 163 Å². The Kier molecular flexibility index (Phi) is 17.9. The average Bonchev–Trinajstić information content (AvgIpc) is 2.65. The summed E-state index contributed by atoms with van der Waals surface area (Å²) >= 11 is 0. The highest BCUT2D eigenvalue weighted by molar-refractivity contribution is 6.36. The molecule has 0 aromatic heterocycles. The van der Waals surface area contributed by atoms with E-state index in [1.165, 1.54) is 25.7 Å². The van der Waals surface area contributed by atoms with Gasteiger partial charge >= 0.3 is 5.97 Å². The SMILES string of the molecule is CCCCCCCCOC(=O)C(CCCCCCCCCC[N+](=O)[O-])=NO. The summed E-state index contributed by atoms with van der Waals surface area (Å²) in [6.45, 7) is 2.64. The molecule has 0 radical (unpaired) electrons. The summed E-state index contributed by atoms with van der Waals surface area (Å²) in [5.41, 5.74) is 0.112. The van der Waals surface area contributed by atoms with Gasteiger partial charge in [-0.2, -0.15) is 0 Å². The van der Waals surface area contributed by atoms with Crippen LogP contribution in [0.2, 0.25) is 0 Å². The van der Waals surface area contributed by atoms with E-state index in [-0.39, 0.29) is 17.2 Å². The number of hydrogen-bond acceptors (Lipinski definition) is 6. The van der Waals surface area contributed by atoms with E-state index < -0.39 is 5.97 Å². The number of unbranched alkanes of at least 4 members (excludes halogenated alkanes) is 12. The van der Waals surface area contributed by atoms with E-state index in [2.05, 4.69) is 12.1 Å². The third kappa shape index (κ3) is 17.5. The summed E-state index contributed by atoms with van der Waals surface area (Å²) in [4.78, 5) is 21.8. The van der Waals surface area contributed by atoms with Crippen LogP contribution in [-0.2, 0) is 9.53 Å². The third-order valence-electron chi connectivity index (χ3n) is 4.59. The number of carbonyl (C=O) groups excluding carboxylic acids is 1. The van der Waals surface area contributed by atoms with Gasteiger partial charge in [0.05, 0.1) is 6.61 Å². The molecule has 0 rings (SSSR count). The second-order valence-electron chi connectivity index (χ2n) is 7.09. The Bertz CT molecular complexity index is 413. The monoisotopic (exact) mass is 386 g/mol. The largest absolute Gasteiger partial charge is 0.461 e. The van der Waals surface area contributed by atoms with Gasteiger partial charge in [0.25, 0.3) is 0 Å². The molecule has 7 heteroatoms. The zero-order valence-corrected chi connectivity index (χ0v) is 17.0. The van der Waals surface area contributed by atoms with E-state index in [1.54, 1.807) is 0 Å². The fourth-order valence-corrected chi connectivity index (χ4v) is 2.92. The maximum Gasteiger partial charge on any atom is 0.356 e. The van der Waals surface area contributed by atoms with Crippen molar-refractivity contribution in [2.24, 2.45) is 5.16 Å². The van der Waals surface area contributed by atoms with E-state index in [9.17, 15) is 14.9 Å². The van der Waals surface area contributed by atoms with Crippen molar-refractivity contribution in [3.05, 3.63) is 10.1 Å². The first-order valence-corrected chi connectivity index (χ1v) is 10.6. The molecule has 0 saturated carbocycles. The van der Waals surface area contributed by atoms with Crippen LogP contribution in [0, 0.1) is 10.1 Å². The first kappa shape index (κ1) is 25.3. The van der Waals surface area contributed by atoms with E-state index in [0.717, 1.165) is 57.8 Å². The average molecular weight is 387 g/mol. The van der Waals surface area contributed by atoms with Crippen LogP contribution in [0.15, 0.2) is 5.16 Å². The smallest absolute Gasteiger partial charge is 0.356 e. The van der Waals surface area contributed by atoms with Crippen molar-refractivity contribution < 1.29 is 19.7 Å². The summed E-state index contributed by atoms with van der Waals surface area (Å²) in [6, 6.07) is 0. The predicted octanol–water partition coefficient (Wildman–Crippen LogP) is 5.51. The molecule has 0 unspecified atom stereocenters. The highest BCUT2D eigenvalue weighted by atomic mass is 16.6.